The van der Waals surface area contributed by atoms with Crippen molar-refractivity contribution in [3.8, 4) is 0 Å². The molecular weight excluding hydrogens is 338 g/mol. The third-order valence-electron chi connectivity index (χ3n) is 2.99. The monoisotopic (exact) mass is 344 g/mol. The van der Waals surface area contributed by atoms with Crippen molar-refractivity contribution < 1.29 is 4.39 Å². The summed E-state index contributed by atoms with van der Waals surface area (Å²) in [5.41, 5.74) is 0.869. The van der Waals surface area contributed by atoms with Crippen molar-refractivity contribution in [1.29, 1.82) is 0 Å². The molecule has 3 rings (SSSR count). The molecule has 0 saturated heterocycles. The number of benzene rings is 2. The first kappa shape index (κ1) is 14.2. The molecule has 0 nitrogen and oxygen atoms in total. The largest absolute Gasteiger partial charge is 0.207 e. The summed E-state index contributed by atoms with van der Waals surface area (Å²) in [5, 5.41) is 1.63. The topological polar surface area (TPSA) is 0 Å². The van der Waals surface area contributed by atoms with Crippen molar-refractivity contribution in [3.05, 3.63) is 68.8 Å². The van der Waals surface area contributed by atoms with Gasteiger partial charge in [0.05, 0.1) is 15.4 Å². The van der Waals surface area contributed by atoms with Crippen molar-refractivity contribution in [2.24, 2.45) is 0 Å². The van der Waals surface area contributed by atoms with E-state index in [4.69, 9.17) is 34.8 Å². The highest BCUT2D eigenvalue weighted by Gasteiger charge is 2.15. The Balaban J connectivity index is 2.02. The average Bonchev–Trinajstić information content (AvgIpc) is 2.84. The smallest absolute Gasteiger partial charge is 0.124 e. The summed E-state index contributed by atoms with van der Waals surface area (Å²) in [5.74, 6) is -0.244. The van der Waals surface area contributed by atoms with E-state index in [-0.39, 0.29) is 11.2 Å². The van der Waals surface area contributed by atoms with Crippen LogP contribution in [0.5, 0.6) is 0 Å². The van der Waals surface area contributed by atoms with Gasteiger partial charge in [0.25, 0.3) is 0 Å². The zero-order chi connectivity index (χ0) is 14.3. The zero-order valence-electron chi connectivity index (χ0n) is 10.0. The molecule has 102 valence electrons. The van der Waals surface area contributed by atoms with E-state index in [0.717, 1.165) is 20.5 Å². The molecule has 0 fully saturated rings. The molecule has 0 radical (unpaired) electrons. The molecule has 20 heavy (non-hydrogen) atoms. The average molecular weight is 346 g/mol. The molecule has 0 aliphatic rings. The quantitative estimate of drug-likeness (QED) is 0.455. The van der Waals surface area contributed by atoms with Crippen LogP contribution < -0.4 is 0 Å². The molecule has 0 N–H and O–H groups in total. The van der Waals surface area contributed by atoms with Crippen LogP contribution >= 0.6 is 46.1 Å². The lowest BCUT2D eigenvalue weighted by Gasteiger charge is -2.08. The lowest BCUT2D eigenvalue weighted by Crippen LogP contribution is -1.89. The number of rotatable bonds is 2. The van der Waals surface area contributed by atoms with Crippen molar-refractivity contribution in [1.82, 2.24) is 0 Å². The molecule has 0 amide bonds. The first-order valence-corrected chi connectivity index (χ1v) is 7.83. The summed E-state index contributed by atoms with van der Waals surface area (Å²) in [6, 6.07) is 12.0. The first-order chi connectivity index (χ1) is 9.54. The van der Waals surface area contributed by atoms with E-state index >= 15 is 0 Å². The van der Waals surface area contributed by atoms with Gasteiger partial charge >= 0.3 is 0 Å². The van der Waals surface area contributed by atoms with Gasteiger partial charge < -0.3 is 0 Å². The second-order valence-electron chi connectivity index (χ2n) is 4.37. The van der Waals surface area contributed by atoms with E-state index in [0.29, 0.717) is 10.0 Å². The van der Waals surface area contributed by atoms with Crippen LogP contribution in [0.15, 0.2) is 42.5 Å². The predicted octanol–water partition coefficient (Wildman–Crippen LogP) is 6.68. The SMILES string of the molecule is Fc1ccc2cc(C(Cl)c3ccc(Cl)c(Cl)c3)sc2c1. The predicted molar refractivity (Wildman–Crippen MR) is 85.9 cm³/mol. The standard InChI is InChI=1S/C15H8Cl3FS/c16-11-4-2-9(5-12(11)17)15(18)14-6-8-1-3-10(19)7-13(8)20-14/h1-7,15H. The van der Waals surface area contributed by atoms with Crippen LogP contribution in [0, 0.1) is 5.82 Å². The van der Waals surface area contributed by atoms with Gasteiger partial charge in [-0.3, -0.25) is 0 Å². The van der Waals surface area contributed by atoms with Gasteiger partial charge in [-0.15, -0.1) is 22.9 Å². The molecular formula is C15H8Cl3FS. The minimum Gasteiger partial charge on any atom is -0.207 e. The Morgan fingerprint density at radius 2 is 1.75 bits per heavy atom. The Bertz CT molecular complexity index is 782. The second-order valence-corrected chi connectivity index (χ2v) is 6.73. The van der Waals surface area contributed by atoms with Gasteiger partial charge in [0.15, 0.2) is 0 Å². The number of fused-ring (bicyclic) bond motifs is 1. The van der Waals surface area contributed by atoms with E-state index in [9.17, 15) is 4.39 Å². The van der Waals surface area contributed by atoms with Crippen molar-refractivity contribution in [3.63, 3.8) is 0 Å². The molecule has 0 bridgehead atoms. The minimum absolute atomic E-state index is 0.244. The summed E-state index contributed by atoms with van der Waals surface area (Å²) in [7, 11) is 0. The number of alkyl halides is 1. The van der Waals surface area contributed by atoms with Gasteiger partial charge in [0.2, 0.25) is 0 Å². The summed E-state index contributed by atoms with van der Waals surface area (Å²) in [6.45, 7) is 0. The highest BCUT2D eigenvalue weighted by atomic mass is 35.5. The molecule has 0 spiro atoms. The van der Waals surface area contributed by atoms with E-state index in [1.54, 1.807) is 18.2 Å². The Morgan fingerprint density at radius 1 is 0.950 bits per heavy atom. The molecule has 5 heteroatoms. The van der Waals surface area contributed by atoms with Crippen LogP contribution in [0.3, 0.4) is 0 Å². The number of hydrogen-bond acceptors (Lipinski definition) is 1. The lowest BCUT2D eigenvalue weighted by molar-refractivity contribution is 0.630. The van der Waals surface area contributed by atoms with Gasteiger partial charge in [0, 0.05) is 9.58 Å². The maximum atomic E-state index is 13.2. The van der Waals surface area contributed by atoms with Gasteiger partial charge in [0.1, 0.15) is 5.82 Å². The van der Waals surface area contributed by atoms with Crippen LogP contribution in [0.2, 0.25) is 10.0 Å². The van der Waals surface area contributed by atoms with Gasteiger partial charge in [-0.05, 0) is 41.3 Å². The molecule has 1 aromatic heterocycles. The molecule has 0 aliphatic carbocycles. The summed E-state index contributed by atoms with van der Waals surface area (Å²) in [4.78, 5) is 0.950. The van der Waals surface area contributed by atoms with Crippen molar-refractivity contribution >= 4 is 56.2 Å². The normalized spacial score (nSPS) is 12.8. The van der Waals surface area contributed by atoms with E-state index in [1.807, 2.05) is 12.1 Å². The van der Waals surface area contributed by atoms with Crippen LogP contribution in [0.25, 0.3) is 10.1 Å². The Morgan fingerprint density at radius 3 is 2.50 bits per heavy atom. The highest BCUT2D eigenvalue weighted by Crippen LogP contribution is 2.38. The molecule has 2 aromatic carbocycles. The third-order valence-corrected chi connectivity index (χ3v) is 5.51. The lowest BCUT2D eigenvalue weighted by atomic mass is 10.1. The van der Waals surface area contributed by atoms with Crippen LogP contribution in [-0.2, 0) is 0 Å². The van der Waals surface area contributed by atoms with Crippen molar-refractivity contribution in [2.45, 2.75) is 5.38 Å². The Kier molecular flexibility index (Phi) is 3.91. The molecule has 1 heterocycles. The second kappa shape index (κ2) is 5.53. The fourth-order valence-corrected chi connectivity index (χ4v) is 3.72. The fraction of sp³-hybridized carbons (Fsp3) is 0.0667. The zero-order valence-corrected chi connectivity index (χ0v) is 13.1. The summed E-state index contributed by atoms with van der Waals surface area (Å²) < 4.78 is 14.1. The van der Waals surface area contributed by atoms with E-state index in [2.05, 4.69) is 0 Å². The molecule has 1 atom stereocenters. The molecule has 1 unspecified atom stereocenters. The fourth-order valence-electron chi connectivity index (χ4n) is 1.98. The minimum atomic E-state index is -0.328. The highest BCUT2D eigenvalue weighted by molar-refractivity contribution is 7.19. The summed E-state index contributed by atoms with van der Waals surface area (Å²) in [6.07, 6.45) is 0. The van der Waals surface area contributed by atoms with E-state index in [1.165, 1.54) is 23.5 Å². The third kappa shape index (κ3) is 2.66. The number of thiophene rings is 1. The van der Waals surface area contributed by atoms with Crippen LogP contribution in [-0.4, -0.2) is 0 Å². The van der Waals surface area contributed by atoms with Gasteiger partial charge in [-0.1, -0.05) is 35.3 Å². The molecule has 0 saturated carbocycles. The van der Waals surface area contributed by atoms with Crippen LogP contribution in [0.1, 0.15) is 15.8 Å². The van der Waals surface area contributed by atoms with Gasteiger partial charge in [-0.2, -0.15) is 0 Å². The Hall–Kier alpha value is -0.800. The Labute approximate surface area is 134 Å². The number of halogens is 4. The van der Waals surface area contributed by atoms with E-state index < -0.39 is 0 Å². The van der Waals surface area contributed by atoms with Crippen molar-refractivity contribution in [2.75, 3.05) is 0 Å². The maximum absolute atomic E-state index is 13.2. The summed E-state index contributed by atoms with van der Waals surface area (Å²) >= 11 is 19.9. The molecule has 3 aromatic rings. The first-order valence-electron chi connectivity index (χ1n) is 5.82. The molecule has 0 aliphatic heterocycles. The maximum Gasteiger partial charge on any atom is 0.124 e. The van der Waals surface area contributed by atoms with Crippen LogP contribution in [0.4, 0.5) is 4.39 Å². The number of hydrogen-bond donors (Lipinski definition) is 0. The van der Waals surface area contributed by atoms with Gasteiger partial charge in [-0.25, -0.2) is 4.39 Å².